The smallest absolute Gasteiger partial charge is 0.135 e. The summed E-state index contributed by atoms with van der Waals surface area (Å²) in [6.45, 7) is 4.62. The Labute approximate surface area is 219 Å². The van der Waals surface area contributed by atoms with Crippen LogP contribution in [0, 0.1) is 5.92 Å². The summed E-state index contributed by atoms with van der Waals surface area (Å²) in [5.41, 5.74) is 7.14. The average Bonchev–Trinajstić information content (AvgIpc) is 3.58. The topological polar surface area (TPSA) is 18.1 Å². The Hall–Kier alpha value is -3.82. The van der Waals surface area contributed by atoms with Crippen molar-refractivity contribution in [2.45, 2.75) is 32.1 Å². The molecule has 8 rings (SSSR count). The lowest BCUT2D eigenvalue weighted by Crippen LogP contribution is -2.26. The third-order valence-corrected chi connectivity index (χ3v) is 9.61. The first-order valence-electron chi connectivity index (χ1n) is 13.2. The SMILES string of the molecule is CC1C=CC(C2(C)CC=Cc3c2oc2ccc(-n4c5ccccc5c5sc6ccccc6c54)cc32)=CC1. The second kappa shape index (κ2) is 7.60. The van der Waals surface area contributed by atoms with Crippen molar-refractivity contribution in [2.75, 3.05) is 0 Å². The fourth-order valence-electron chi connectivity index (χ4n) is 6.40. The first-order valence-corrected chi connectivity index (χ1v) is 14.0. The number of fused-ring (bicyclic) bond motifs is 8. The van der Waals surface area contributed by atoms with E-state index in [-0.39, 0.29) is 5.41 Å². The maximum absolute atomic E-state index is 6.66. The van der Waals surface area contributed by atoms with E-state index in [0.717, 1.165) is 24.2 Å². The minimum atomic E-state index is -0.142. The van der Waals surface area contributed by atoms with E-state index in [2.05, 4.69) is 116 Å². The molecule has 2 nitrogen and oxygen atoms in total. The van der Waals surface area contributed by atoms with Gasteiger partial charge < -0.3 is 8.98 Å². The van der Waals surface area contributed by atoms with Gasteiger partial charge >= 0.3 is 0 Å². The predicted octanol–water partition coefficient (Wildman–Crippen LogP) is 9.94. The van der Waals surface area contributed by atoms with Crippen molar-refractivity contribution >= 4 is 59.6 Å². The molecule has 2 unspecified atom stereocenters. The number of rotatable bonds is 2. The van der Waals surface area contributed by atoms with Gasteiger partial charge in [-0.2, -0.15) is 0 Å². The molecule has 0 saturated carbocycles. The summed E-state index contributed by atoms with van der Waals surface area (Å²) in [5.74, 6) is 1.70. The molecule has 0 spiro atoms. The number of para-hydroxylation sites is 1. The van der Waals surface area contributed by atoms with Crippen LogP contribution in [-0.2, 0) is 5.41 Å². The summed E-state index contributed by atoms with van der Waals surface area (Å²) in [5, 5.41) is 3.81. The molecule has 3 aromatic carbocycles. The lowest BCUT2D eigenvalue weighted by Gasteiger charge is -2.32. The van der Waals surface area contributed by atoms with Gasteiger partial charge in [0.05, 0.1) is 21.1 Å². The molecular weight excluding hydrogens is 470 g/mol. The Morgan fingerprint density at radius 1 is 0.946 bits per heavy atom. The highest BCUT2D eigenvalue weighted by Gasteiger charge is 2.38. The fraction of sp³-hybridized carbons (Fsp3) is 0.176. The number of allylic oxidation sites excluding steroid dienone is 5. The lowest BCUT2D eigenvalue weighted by atomic mass is 9.71. The van der Waals surface area contributed by atoms with Gasteiger partial charge in [0.25, 0.3) is 0 Å². The molecule has 180 valence electrons. The van der Waals surface area contributed by atoms with Gasteiger partial charge in [-0.15, -0.1) is 11.3 Å². The van der Waals surface area contributed by atoms with Crippen LogP contribution in [-0.4, -0.2) is 4.57 Å². The van der Waals surface area contributed by atoms with Crippen molar-refractivity contribution in [3.8, 4) is 5.69 Å². The van der Waals surface area contributed by atoms with Crippen molar-refractivity contribution in [1.82, 2.24) is 4.57 Å². The maximum Gasteiger partial charge on any atom is 0.135 e. The number of hydrogen-bond donors (Lipinski definition) is 0. The second-order valence-corrected chi connectivity index (χ2v) is 11.9. The molecule has 0 amide bonds. The number of nitrogens with zero attached hydrogens (tertiary/aromatic N) is 1. The first-order chi connectivity index (χ1) is 18.1. The molecule has 0 N–H and O–H groups in total. The van der Waals surface area contributed by atoms with E-state index in [0.29, 0.717) is 5.92 Å². The van der Waals surface area contributed by atoms with Crippen LogP contribution in [0.25, 0.3) is 53.9 Å². The standard InChI is InChI=1S/C34H27NOS/c1-21-13-15-22(16-14-21)34(2)19-7-10-24-27-20-23(17-18-29(27)36-33(24)34)35-28-11-5-3-8-25(28)32-31(35)26-9-4-6-12-30(26)37-32/h3-13,15-18,20-21H,14,19H2,1-2H3. The van der Waals surface area contributed by atoms with Crippen LogP contribution >= 0.6 is 11.3 Å². The van der Waals surface area contributed by atoms with Gasteiger partial charge in [0, 0.05) is 32.1 Å². The molecule has 0 saturated heterocycles. The van der Waals surface area contributed by atoms with E-state index < -0.39 is 0 Å². The molecule has 0 fully saturated rings. The van der Waals surface area contributed by atoms with Crippen LogP contribution in [0.2, 0.25) is 0 Å². The van der Waals surface area contributed by atoms with Gasteiger partial charge in [-0.1, -0.05) is 73.7 Å². The zero-order valence-electron chi connectivity index (χ0n) is 21.0. The third kappa shape index (κ3) is 2.92. The minimum Gasteiger partial charge on any atom is -0.459 e. The van der Waals surface area contributed by atoms with Crippen LogP contribution in [0.15, 0.2) is 101 Å². The highest BCUT2D eigenvalue weighted by molar-refractivity contribution is 7.26. The number of thiophene rings is 1. The molecule has 2 aliphatic carbocycles. The molecule has 2 aliphatic rings. The highest BCUT2D eigenvalue weighted by atomic mass is 32.1. The van der Waals surface area contributed by atoms with Crippen LogP contribution in [0.4, 0.5) is 0 Å². The zero-order valence-corrected chi connectivity index (χ0v) is 21.8. The van der Waals surface area contributed by atoms with E-state index in [4.69, 9.17) is 4.42 Å². The molecule has 6 aromatic rings. The van der Waals surface area contributed by atoms with Crippen molar-refractivity contribution in [3.63, 3.8) is 0 Å². The molecule has 0 aliphatic heterocycles. The molecular formula is C34H27NOS. The quantitative estimate of drug-likeness (QED) is 0.233. The fourth-order valence-corrected chi connectivity index (χ4v) is 7.62. The molecule has 0 radical (unpaired) electrons. The number of hydrogen-bond acceptors (Lipinski definition) is 2. The van der Waals surface area contributed by atoms with Gasteiger partial charge in [-0.3, -0.25) is 0 Å². The normalized spacial score (nSPS) is 21.4. The molecule has 2 atom stereocenters. The van der Waals surface area contributed by atoms with Crippen LogP contribution < -0.4 is 0 Å². The predicted molar refractivity (Wildman–Crippen MR) is 158 cm³/mol. The Kier molecular flexibility index (Phi) is 4.37. The Bertz CT molecular complexity index is 1970. The highest BCUT2D eigenvalue weighted by Crippen LogP contribution is 2.48. The van der Waals surface area contributed by atoms with Crippen molar-refractivity contribution in [2.24, 2.45) is 5.92 Å². The third-order valence-electron chi connectivity index (χ3n) is 8.41. The van der Waals surface area contributed by atoms with Crippen LogP contribution in [0.5, 0.6) is 0 Å². The largest absolute Gasteiger partial charge is 0.459 e. The van der Waals surface area contributed by atoms with Gasteiger partial charge in [0.2, 0.25) is 0 Å². The molecule has 3 aromatic heterocycles. The van der Waals surface area contributed by atoms with Crippen LogP contribution in [0.3, 0.4) is 0 Å². The maximum atomic E-state index is 6.66. The minimum absolute atomic E-state index is 0.142. The van der Waals surface area contributed by atoms with E-state index in [1.54, 1.807) is 0 Å². The number of aromatic nitrogens is 1. The lowest BCUT2D eigenvalue weighted by molar-refractivity contribution is 0.421. The molecule has 0 bridgehead atoms. The number of benzene rings is 3. The summed E-state index contributed by atoms with van der Waals surface area (Å²) in [6.07, 6.45) is 13.7. The van der Waals surface area contributed by atoms with Gasteiger partial charge in [0.1, 0.15) is 11.3 Å². The Balaban J connectivity index is 1.38. The van der Waals surface area contributed by atoms with Crippen LogP contribution in [0.1, 0.15) is 38.0 Å². The Morgan fingerprint density at radius 2 is 1.78 bits per heavy atom. The van der Waals surface area contributed by atoms with E-state index >= 15 is 0 Å². The van der Waals surface area contributed by atoms with E-state index in [9.17, 15) is 0 Å². The van der Waals surface area contributed by atoms with Crippen molar-refractivity contribution in [3.05, 3.63) is 108 Å². The first kappa shape index (κ1) is 21.3. The summed E-state index contributed by atoms with van der Waals surface area (Å²) in [7, 11) is 0. The van der Waals surface area contributed by atoms with E-state index in [1.807, 2.05) is 11.3 Å². The second-order valence-electron chi connectivity index (χ2n) is 10.8. The Morgan fingerprint density at radius 3 is 2.65 bits per heavy atom. The molecule has 3 heterocycles. The van der Waals surface area contributed by atoms with Gasteiger partial charge in [-0.25, -0.2) is 0 Å². The summed E-state index contributed by atoms with van der Waals surface area (Å²) in [6, 6.07) is 24.3. The molecule has 37 heavy (non-hydrogen) atoms. The monoisotopic (exact) mass is 497 g/mol. The summed E-state index contributed by atoms with van der Waals surface area (Å²) in [4.78, 5) is 0. The van der Waals surface area contributed by atoms with Gasteiger partial charge in [0.15, 0.2) is 0 Å². The number of furan rings is 1. The molecule has 3 heteroatoms. The van der Waals surface area contributed by atoms with Gasteiger partial charge in [-0.05, 0) is 61.6 Å². The van der Waals surface area contributed by atoms with Crippen molar-refractivity contribution < 1.29 is 4.42 Å². The summed E-state index contributed by atoms with van der Waals surface area (Å²) >= 11 is 1.89. The summed E-state index contributed by atoms with van der Waals surface area (Å²) < 4.78 is 11.8. The zero-order chi connectivity index (χ0) is 24.7. The average molecular weight is 498 g/mol. The van der Waals surface area contributed by atoms with Crippen molar-refractivity contribution in [1.29, 1.82) is 0 Å². The van der Waals surface area contributed by atoms with E-state index in [1.165, 1.54) is 53.4 Å².